The molecule has 2 rings (SSSR count). The highest BCUT2D eigenvalue weighted by molar-refractivity contribution is 6.31. The van der Waals surface area contributed by atoms with Crippen molar-refractivity contribution >= 4 is 17.3 Å². The molecular weight excluding hydrogens is 246 g/mol. The van der Waals surface area contributed by atoms with E-state index < -0.39 is 0 Å². The van der Waals surface area contributed by atoms with Crippen LogP contribution in [0.15, 0.2) is 36.4 Å². The van der Waals surface area contributed by atoms with E-state index in [1.165, 1.54) is 11.1 Å². The van der Waals surface area contributed by atoms with Crippen molar-refractivity contribution in [2.75, 3.05) is 5.73 Å². The maximum absolute atomic E-state index is 6.10. The minimum absolute atomic E-state index is 0.446. The standard InChI is InChI=1S/C15H16ClNO/c1-10-5-11(2)7-14(6-10)18-9-12-3-4-13(17)8-15(12)16/h3-8H,9,17H2,1-2H3. The van der Waals surface area contributed by atoms with Crippen molar-refractivity contribution in [3.63, 3.8) is 0 Å². The first-order valence-electron chi connectivity index (χ1n) is 5.79. The van der Waals surface area contributed by atoms with E-state index in [4.69, 9.17) is 22.1 Å². The minimum atomic E-state index is 0.446. The highest BCUT2D eigenvalue weighted by Gasteiger charge is 2.03. The Balaban J connectivity index is 2.11. The van der Waals surface area contributed by atoms with Crippen LogP contribution < -0.4 is 10.5 Å². The van der Waals surface area contributed by atoms with Crippen molar-refractivity contribution in [3.05, 3.63) is 58.1 Å². The summed E-state index contributed by atoms with van der Waals surface area (Å²) in [6.07, 6.45) is 0. The predicted molar refractivity (Wildman–Crippen MR) is 76.1 cm³/mol. The monoisotopic (exact) mass is 261 g/mol. The van der Waals surface area contributed by atoms with Crippen LogP contribution in [0, 0.1) is 13.8 Å². The quantitative estimate of drug-likeness (QED) is 0.844. The summed E-state index contributed by atoms with van der Waals surface area (Å²) < 4.78 is 5.75. The lowest BCUT2D eigenvalue weighted by Crippen LogP contribution is -1.98. The van der Waals surface area contributed by atoms with Gasteiger partial charge < -0.3 is 10.5 Å². The van der Waals surface area contributed by atoms with E-state index in [9.17, 15) is 0 Å². The third kappa shape index (κ3) is 3.17. The molecule has 0 radical (unpaired) electrons. The van der Waals surface area contributed by atoms with E-state index in [1.54, 1.807) is 6.07 Å². The Morgan fingerprint density at radius 3 is 2.33 bits per heavy atom. The Bertz CT molecular complexity index is 546. The van der Waals surface area contributed by atoms with E-state index in [-0.39, 0.29) is 0 Å². The Morgan fingerprint density at radius 2 is 1.72 bits per heavy atom. The van der Waals surface area contributed by atoms with Gasteiger partial charge in [-0.3, -0.25) is 0 Å². The van der Waals surface area contributed by atoms with E-state index in [1.807, 2.05) is 24.3 Å². The molecule has 0 aromatic heterocycles. The molecule has 0 saturated carbocycles. The smallest absolute Gasteiger partial charge is 0.120 e. The van der Waals surface area contributed by atoms with Crippen molar-refractivity contribution in [3.8, 4) is 5.75 Å². The van der Waals surface area contributed by atoms with Crippen LogP contribution in [-0.2, 0) is 6.61 Å². The van der Waals surface area contributed by atoms with Crippen molar-refractivity contribution in [1.29, 1.82) is 0 Å². The molecule has 0 atom stereocenters. The molecule has 0 spiro atoms. The molecule has 0 amide bonds. The number of benzene rings is 2. The molecule has 2 N–H and O–H groups in total. The summed E-state index contributed by atoms with van der Waals surface area (Å²) in [7, 11) is 0. The van der Waals surface area contributed by atoms with Gasteiger partial charge >= 0.3 is 0 Å². The van der Waals surface area contributed by atoms with Gasteiger partial charge in [0.15, 0.2) is 0 Å². The second kappa shape index (κ2) is 5.32. The SMILES string of the molecule is Cc1cc(C)cc(OCc2ccc(N)cc2Cl)c1. The average Bonchev–Trinajstić information content (AvgIpc) is 2.26. The summed E-state index contributed by atoms with van der Waals surface area (Å²) in [5.41, 5.74) is 9.62. The van der Waals surface area contributed by atoms with Crippen LogP contribution in [0.3, 0.4) is 0 Å². The Kier molecular flexibility index (Phi) is 3.78. The third-order valence-corrected chi connectivity index (χ3v) is 3.02. The average molecular weight is 262 g/mol. The molecule has 18 heavy (non-hydrogen) atoms. The van der Waals surface area contributed by atoms with Gasteiger partial charge in [-0.05, 0) is 49.2 Å². The van der Waals surface area contributed by atoms with Crippen molar-refractivity contribution in [2.45, 2.75) is 20.5 Å². The number of nitrogen functional groups attached to an aromatic ring is 1. The van der Waals surface area contributed by atoms with E-state index in [0.717, 1.165) is 11.3 Å². The van der Waals surface area contributed by atoms with Crippen LogP contribution >= 0.6 is 11.6 Å². The maximum atomic E-state index is 6.10. The summed E-state index contributed by atoms with van der Waals surface area (Å²) in [6.45, 7) is 4.55. The lowest BCUT2D eigenvalue weighted by molar-refractivity contribution is 0.306. The summed E-state index contributed by atoms with van der Waals surface area (Å²) in [6, 6.07) is 11.6. The molecule has 0 heterocycles. The van der Waals surface area contributed by atoms with Gasteiger partial charge in [0.05, 0.1) is 0 Å². The molecule has 0 fully saturated rings. The van der Waals surface area contributed by atoms with Crippen LogP contribution in [0.4, 0.5) is 5.69 Å². The topological polar surface area (TPSA) is 35.2 Å². The number of halogens is 1. The van der Waals surface area contributed by atoms with Crippen molar-refractivity contribution in [1.82, 2.24) is 0 Å². The summed E-state index contributed by atoms with van der Waals surface area (Å²) in [5, 5.41) is 0.638. The normalized spacial score (nSPS) is 10.4. The molecule has 94 valence electrons. The number of ether oxygens (including phenoxy) is 1. The first kappa shape index (κ1) is 12.8. The highest BCUT2D eigenvalue weighted by Crippen LogP contribution is 2.22. The second-order valence-electron chi connectivity index (χ2n) is 4.46. The zero-order valence-electron chi connectivity index (χ0n) is 10.5. The van der Waals surface area contributed by atoms with Gasteiger partial charge in [0.1, 0.15) is 12.4 Å². The predicted octanol–water partition coefficient (Wildman–Crippen LogP) is 4.12. The van der Waals surface area contributed by atoms with Crippen molar-refractivity contribution in [2.24, 2.45) is 0 Å². The van der Waals surface area contributed by atoms with Gasteiger partial charge in [-0.15, -0.1) is 0 Å². The number of hydrogen-bond donors (Lipinski definition) is 1. The number of nitrogens with two attached hydrogens (primary N) is 1. The Labute approximate surface area is 112 Å². The largest absolute Gasteiger partial charge is 0.489 e. The molecule has 0 aliphatic rings. The van der Waals surface area contributed by atoms with Gasteiger partial charge in [0.25, 0.3) is 0 Å². The minimum Gasteiger partial charge on any atom is -0.489 e. The zero-order valence-corrected chi connectivity index (χ0v) is 11.3. The fourth-order valence-electron chi connectivity index (χ4n) is 1.86. The van der Waals surface area contributed by atoms with E-state index in [0.29, 0.717) is 17.3 Å². The molecule has 0 bridgehead atoms. The lowest BCUT2D eigenvalue weighted by Gasteiger charge is -2.10. The third-order valence-electron chi connectivity index (χ3n) is 2.67. The van der Waals surface area contributed by atoms with Crippen LogP contribution in [0.25, 0.3) is 0 Å². The number of hydrogen-bond acceptors (Lipinski definition) is 2. The number of aryl methyl sites for hydroxylation is 2. The lowest BCUT2D eigenvalue weighted by atomic mass is 10.1. The van der Waals surface area contributed by atoms with Crippen LogP contribution in [0.5, 0.6) is 5.75 Å². The van der Waals surface area contributed by atoms with E-state index >= 15 is 0 Å². The molecule has 2 nitrogen and oxygen atoms in total. The summed E-state index contributed by atoms with van der Waals surface area (Å²) >= 11 is 6.10. The van der Waals surface area contributed by atoms with Gasteiger partial charge in [0, 0.05) is 16.3 Å². The van der Waals surface area contributed by atoms with E-state index in [2.05, 4.69) is 19.9 Å². The Morgan fingerprint density at radius 1 is 1.06 bits per heavy atom. The molecule has 0 saturated heterocycles. The van der Waals surface area contributed by atoms with Crippen LogP contribution in [0.2, 0.25) is 5.02 Å². The second-order valence-corrected chi connectivity index (χ2v) is 4.87. The summed E-state index contributed by atoms with van der Waals surface area (Å²) in [5.74, 6) is 0.861. The molecule has 0 aliphatic heterocycles. The van der Waals surface area contributed by atoms with Gasteiger partial charge in [-0.1, -0.05) is 23.7 Å². The van der Waals surface area contributed by atoms with Gasteiger partial charge in [-0.2, -0.15) is 0 Å². The van der Waals surface area contributed by atoms with Gasteiger partial charge in [-0.25, -0.2) is 0 Å². The molecule has 2 aromatic carbocycles. The fraction of sp³-hybridized carbons (Fsp3) is 0.200. The number of rotatable bonds is 3. The number of anilines is 1. The van der Waals surface area contributed by atoms with Crippen molar-refractivity contribution < 1.29 is 4.74 Å². The first-order chi connectivity index (χ1) is 8.54. The van der Waals surface area contributed by atoms with Crippen LogP contribution in [0.1, 0.15) is 16.7 Å². The maximum Gasteiger partial charge on any atom is 0.120 e. The zero-order chi connectivity index (χ0) is 13.1. The van der Waals surface area contributed by atoms with Crippen LogP contribution in [-0.4, -0.2) is 0 Å². The molecule has 0 aliphatic carbocycles. The Hall–Kier alpha value is -1.67. The highest BCUT2D eigenvalue weighted by atomic mass is 35.5. The summed E-state index contributed by atoms with van der Waals surface area (Å²) in [4.78, 5) is 0. The fourth-order valence-corrected chi connectivity index (χ4v) is 2.10. The molecule has 0 unspecified atom stereocenters. The molecule has 3 heteroatoms. The molecular formula is C15H16ClNO. The van der Waals surface area contributed by atoms with Gasteiger partial charge in [0.2, 0.25) is 0 Å². The molecule has 2 aromatic rings. The first-order valence-corrected chi connectivity index (χ1v) is 6.17.